The van der Waals surface area contributed by atoms with E-state index in [1.54, 1.807) is 36.4 Å². The summed E-state index contributed by atoms with van der Waals surface area (Å²) in [5, 5.41) is 2.17. The molecule has 8 nitrogen and oxygen atoms in total. The largest absolute Gasteiger partial charge is 0.490 e. The monoisotopic (exact) mass is 396 g/mol. The molecule has 1 N–H and O–H groups in total. The maximum atomic E-state index is 12.8. The van der Waals surface area contributed by atoms with Crippen molar-refractivity contribution >= 4 is 23.9 Å². The SMILES string of the molecule is C=CCOc1ccc(C=C2C(=O)NC(=O)N(Cc3ccco3)C2=O)cc1OCC. The van der Waals surface area contributed by atoms with E-state index < -0.39 is 17.8 Å². The molecule has 0 atom stereocenters. The van der Waals surface area contributed by atoms with Gasteiger partial charge in [-0.15, -0.1) is 0 Å². The molecule has 1 aromatic heterocycles. The normalized spacial score (nSPS) is 15.4. The Morgan fingerprint density at radius 3 is 2.69 bits per heavy atom. The number of barbiturate groups is 1. The molecule has 29 heavy (non-hydrogen) atoms. The van der Waals surface area contributed by atoms with Gasteiger partial charge >= 0.3 is 6.03 Å². The van der Waals surface area contributed by atoms with Gasteiger partial charge in [-0.05, 0) is 42.8 Å². The Labute approximate surface area is 167 Å². The lowest BCUT2D eigenvalue weighted by Gasteiger charge is -2.25. The van der Waals surface area contributed by atoms with E-state index in [4.69, 9.17) is 13.9 Å². The maximum absolute atomic E-state index is 12.8. The zero-order chi connectivity index (χ0) is 20.8. The van der Waals surface area contributed by atoms with Gasteiger partial charge in [0.25, 0.3) is 11.8 Å². The number of amides is 4. The Morgan fingerprint density at radius 2 is 2.00 bits per heavy atom. The first kappa shape index (κ1) is 19.9. The Hall–Kier alpha value is -3.81. The first-order valence-electron chi connectivity index (χ1n) is 8.95. The van der Waals surface area contributed by atoms with Gasteiger partial charge in [0.15, 0.2) is 11.5 Å². The summed E-state index contributed by atoms with van der Waals surface area (Å²) in [6, 6.07) is 7.50. The number of urea groups is 1. The first-order valence-corrected chi connectivity index (χ1v) is 8.95. The van der Waals surface area contributed by atoms with Gasteiger partial charge < -0.3 is 13.9 Å². The zero-order valence-electron chi connectivity index (χ0n) is 15.8. The van der Waals surface area contributed by atoms with Crippen LogP contribution >= 0.6 is 0 Å². The van der Waals surface area contributed by atoms with Crippen molar-refractivity contribution < 1.29 is 28.3 Å². The molecule has 4 amide bonds. The van der Waals surface area contributed by atoms with Crippen molar-refractivity contribution in [2.75, 3.05) is 13.2 Å². The van der Waals surface area contributed by atoms with Crippen LogP contribution in [0.1, 0.15) is 18.2 Å². The quantitative estimate of drug-likeness (QED) is 0.419. The number of ether oxygens (including phenoxy) is 2. The summed E-state index contributed by atoms with van der Waals surface area (Å²) in [7, 11) is 0. The number of imide groups is 2. The Balaban J connectivity index is 1.89. The van der Waals surface area contributed by atoms with Crippen LogP contribution in [-0.4, -0.2) is 36.0 Å². The molecule has 1 aliphatic rings. The van der Waals surface area contributed by atoms with E-state index in [0.29, 0.717) is 36.0 Å². The molecule has 1 saturated heterocycles. The molecule has 0 radical (unpaired) electrons. The molecule has 8 heteroatoms. The highest BCUT2D eigenvalue weighted by Crippen LogP contribution is 2.30. The molecule has 3 rings (SSSR count). The Morgan fingerprint density at radius 1 is 1.17 bits per heavy atom. The second kappa shape index (κ2) is 8.92. The average molecular weight is 396 g/mol. The van der Waals surface area contributed by atoms with Crippen LogP contribution in [0.2, 0.25) is 0 Å². The summed E-state index contributed by atoms with van der Waals surface area (Å²) >= 11 is 0. The van der Waals surface area contributed by atoms with Crippen LogP contribution < -0.4 is 14.8 Å². The van der Waals surface area contributed by atoms with E-state index >= 15 is 0 Å². The van der Waals surface area contributed by atoms with Gasteiger partial charge in [-0.25, -0.2) is 4.79 Å². The number of carbonyl (C=O) groups excluding carboxylic acids is 3. The van der Waals surface area contributed by atoms with Crippen molar-refractivity contribution in [2.45, 2.75) is 13.5 Å². The molecule has 0 spiro atoms. The number of nitrogens with one attached hydrogen (secondary N) is 1. The number of furan rings is 1. The third kappa shape index (κ3) is 4.55. The van der Waals surface area contributed by atoms with E-state index in [2.05, 4.69) is 11.9 Å². The summed E-state index contributed by atoms with van der Waals surface area (Å²) in [5.74, 6) is -0.0656. The van der Waals surface area contributed by atoms with Gasteiger partial charge in [0.05, 0.1) is 19.4 Å². The summed E-state index contributed by atoms with van der Waals surface area (Å²) in [6.45, 7) is 6.08. The lowest BCUT2D eigenvalue weighted by molar-refractivity contribution is -0.130. The van der Waals surface area contributed by atoms with Crippen molar-refractivity contribution in [2.24, 2.45) is 0 Å². The summed E-state index contributed by atoms with van der Waals surface area (Å²) in [6.07, 6.45) is 4.45. The van der Waals surface area contributed by atoms with Crippen LogP contribution in [0.25, 0.3) is 6.08 Å². The van der Waals surface area contributed by atoms with Crippen molar-refractivity contribution in [1.29, 1.82) is 0 Å². The number of hydrogen-bond donors (Lipinski definition) is 1. The topological polar surface area (TPSA) is 98.1 Å². The van der Waals surface area contributed by atoms with Gasteiger partial charge in [-0.1, -0.05) is 18.7 Å². The fourth-order valence-electron chi connectivity index (χ4n) is 2.71. The molecular weight excluding hydrogens is 376 g/mol. The molecule has 1 aromatic carbocycles. The van der Waals surface area contributed by atoms with Crippen molar-refractivity contribution in [1.82, 2.24) is 10.2 Å². The Kier molecular flexibility index (Phi) is 6.13. The van der Waals surface area contributed by atoms with Crippen molar-refractivity contribution in [3.63, 3.8) is 0 Å². The van der Waals surface area contributed by atoms with Crippen LogP contribution in [0.15, 0.2) is 59.2 Å². The zero-order valence-corrected chi connectivity index (χ0v) is 15.8. The van der Waals surface area contributed by atoms with Crippen LogP contribution in [0.4, 0.5) is 4.79 Å². The first-order chi connectivity index (χ1) is 14.0. The highest BCUT2D eigenvalue weighted by molar-refractivity contribution is 6.30. The average Bonchev–Trinajstić information content (AvgIpc) is 3.21. The number of hydrogen-bond acceptors (Lipinski definition) is 6. The molecule has 2 heterocycles. The number of nitrogens with zero attached hydrogens (tertiary/aromatic N) is 1. The van der Waals surface area contributed by atoms with Gasteiger partial charge in [0.2, 0.25) is 0 Å². The summed E-state index contributed by atoms with van der Waals surface area (Å²) in [5.41, 5.74) is 0.378. The highest BCUT2D eigenvalue weighted by Gasteiger charge is 2.36. The molecule has 0 unspecified atom stereocenters. The number of carbonyl (C=O) groups is 3. The minimum Gasteiger partial charge on any atom is -0.490 e. The van der Waals surface area contributed by atoms with Crippen molar-refractivity contribution in [3.8, 4) is 11.5 Å². The number of benzene rings is 1. The lowest BCUT2D eigenvalue weighted by atomic mass is 10.1. The van der Waals surface area contributed by atoms with Crippen molar-refractivity contribution in [3.05, 3.63) is 66.1 Å². The van der Waals surface area contributed by atoms with Crippen LogP contribution in [-0.2, 0) is 16.1 Å². The maximum Gasteiger partial charge on any atom is 0.331 e. The predicted molar refractivity (Wildman–Crippen MR) is 104 cm³/mol. The summed E-state index contributed by atoms with van der Waals surface area (Å²) in [4.78, 5) is 38.0. The molecular formula is C21H20N2O6. The second-order valence-electron chi connectivity index (χ2n) is 6.03. The lowest BCUT2D eigenvalue weighted by Crippen LogP contribution is -2.53. The molecule has 0 aliphatic carbocycles. The van der Waals surface area contributed by atoms with E-state index in [9.17, 15) is 14.4 Å². The third-order valence-corrected chi connectivity index (χ3v) is 4.02. The number of rotatable bonds is 8. The third-order valence-electron chi connectivity index (χ3n) is 4.02. The fraction of sp³-hybridized carbons (Fsp3) is 0.190. The molecule has 150 valence electrons. The molecule has 2 aromatic rings. The van der Waals surface area contributed by atoms with Gasteiger partial charge in [0.1, 0.15) is 17.9 Å². The molecule has 0 bridgehead atoms. The van der Waals surface area contributed by atoms with Crippen LogP contribution in [0, 0.1) is 0 Å². The molecule has 0 saturated carbocycles. The van der Waals surface area contributed by atoms with Gasteiger partial charge in [-0.3, -0.25) is 19.8 Å². The highest BCUT2D eigenvalue weighted by atomic mass is 16.5. The van der Waals surface area contributed by atoms with Crippen LogP contribution in [0.5, 0.6) is 11.5 Å². The Bertz CT molecular complexity index is 962. The minimum atomic E-state index is -0.795. The van der Waals surface area contributed by atoms with E-state index in [-0.39, 0.29) is 12.1 Å². The van der Waals surface area contributed by atoms with Gasteiger partial charge in [-0.2, -0.15) is 0 Å². The van der Waals surface area contributed by atoms with Gasteiger partial charge in [0, 0.05) is 0 Å². The van der Waals surface area contributed by atoms with E-state index in [0.717, 1.165) is 4.90 Å². The smallest absolute Gasteiger partial charge is 0.331 e. The minimum absolute atomic E-state index is 0.0825. The standard InChI is InChI=1S/C21H20N2O6/c1-3-9-29-17-8-7-14(12-18(17)27-4-2)11-16-19(24)22-21(26)23(20(16)25)13-15-6-5-10-28-15/h3,5-8,10-12H,1,4,9,13H2,2H3,(H,22,24,26). The van der Waals surface area contributed by atoms with E-state index in [1.165, 1.54) is 12.3 Å². The van der Waals surface area contributed by atoms with Crippen LogP contribution in [0.3, 0.4) is 0 Å². The molecule has 1 fully saturated rings. The predicted octanol–water partition coefficient (Wildman–Crippen LogP) is 2.91. The summed E-state index contributed by atoms with van der Waals surface area (Å²) < 4.78 is 16.3. The molecule has 1 aliphatic heterocycles. The fourth-order valence-corrected chi connectivity index (χ4v) is 2.71. The van der Waals surface area contributed by atoms with E-state index in [1.807, 2.05) is 6.92 Å². The second-order valence-corrected chi connectivity index (χ2v) is 6.03.